The van der Waals surface area contributed by atoms with Crippen LogP contribution in [0.25, 0.3) is 0 Å². The van der Waals surface area contributed by atoms with Gasteiger partial charge in [-0.05, 0) is 45.2 Å². The molecular formula is C30H38N4O4. The fourth-order valence-corrected chi connectivity index (χ4v) is 5.09. The summed E-state index contributed by atoms with van der Waals surface area (Å²) in [6.45, 7) is 5.29. The summed E-state index contributed by atoms with van der Waals surface area (Å²) < 4.78 is 5.41. The van der Waals surface area contributed by atoms with Gasteiger partial charge in [0, 0.05) is 24.9 Å². The third-order valence-electron chi connectivity index (χ3n) is 6.93. The highest BCUT2D eigenvalue weighted by molar-refractivity contribution is 6.14. The molecule has 2 aromatic rings. The van der Waals surface area contributed by atoms with Gasteiger partial charge in [-0.2, -0.15) is 0 Å². The largest absolute Gasteiger partial charge is 0.444 e. The summed E-state index contributed by atoms with van der Waals surface area (Å²) in [4.78, 5) is 46.2. The maximum absolute atomic E-state index is 13.6. The van der Waals surface area contributed by atoms with Gasteiger partial charge in [0.1, 0.15) is 11.6 Å². The summed E-state index contributed by atoms with van der Waals surface area (Å²) in [5.74, 6) is -0.597. The van der Waals surface area contributed by atoms with Crippen molar-refractivity contribution in [3.8, 4) is 0 Å². The lowest BCUT2D eigenvalue weighted by Crippen LogP contribution is -2.54. The van der Waals surface area contributed by atoms with Crippen molar-refractivity contribution in [1.82, 2.24) is 10.6 Å². The fourth-order valence-electron chi connectivity index (χ4n) is 5.09. The molecule has 202 valence electrons. The van der Waals surface area contributed by atoms with Crippen LogP contribution in [0.15, 0.2) is 59.6 Å². The van der Waals surface area contributed by atoms with E-state index in [0.717, 1.165) is 48.2 Å². The second-order valence-corrected chi connectivity index (χ2v) is 11.1. The maximum Gasteiger partial charge on any atom is 0.408 e. The number of anilines is 1. The number of likely N-dealkylation sites (N-methyl/N-ethyl adjacent to an activating group) is 1. The minimum absolute atomic E-state index is 0.226. The van der Waals surface area contributed by atoms with E-state index in [1.54, 1.807) is 32.7 Å². The average Bonchev–Trinajstić information content (AvgIpc) is 2.99. The molecule has 8 nitrogen and oxygen atoms in total. The Morgan fingerprint density at radius 3 is 2.37 bits per heavy atom. The summed E-state index contributed by atoms with van der Waals surface area (Å²) in [7, 11) is 1.71. The summed E-state index contributed by atoms with van der Waals surface area (Å²) in [6.07, 6.45) is 3.87. The highest BCUT2D eigenvalue weighted by Gasteiger charge is 2.35. The molecule has 38 heavy (non-hydrogen) atoms. The van der Waals surface area contributed by atoms with E-state index in [2.05, 4.69) is 10.6 Å². The Labute approximate surface area is 224 Å². The smallest absolute Gasteiger partial charge is 0.408 e. The normalized spacial score (nSPS) is 19.1. The van der Waals surface area contributed by atoms with Crippen molar-refractivity contribution in [3.63, 3.8) is 0 Å². The monoisotopic (exact) mass is 518 g/mol. The molecule has 0 unspecified atom stereocenters. The molecule has 1 fully saturated rings. The van der Waals surface area contributed by atoms with Crippen molar-refractivity contribution in [2.45, 2.75) is 77.1 Å². The van der Waals surface area contributed by atoms with Crippen LogP contribution >= 0.6 is 0 Å². The zero-order chi connectivity index (χ0) is 27.3. The molecule has 8 heteroatoms. The van der Waals surface area contributed by atoms with E-state index in [1.807, 2.05) is 54.6 Å². The lowest BCUT2D eigenvalue weighted by atomic mass is 9.83. The van der Waals surface area contributed by atoms with Gasteiger partial charge in [0.2, 0.25) is 12.1 Å². The third kappa shape index (κ3) is 6.79. The fraction of sp³-hybridized carbons (Fsp3) is 0.467. The Bertz CT molecular complexity index is 1180. The van der Waals surface area contributed by atoms with E-state index in [9.17, 15) is 14.4 Å². The van der Waals surface area contributed by atoms with E-state index in [-0.39, 0.29) is 18.2 Å². The SMILES string of the molecule is CN1C(=O)[C@@H](NC(=O)[C@@H](Cc2ccccc2)NC(=O)OC(C)(C)C)N=C(C2CCCCC2)c2ccccc21. The Kier molecular flexibility index (Phi) is 8.49. The number of hydrogen-bond acceptors (Lipinski definition) is 5. The topological polar surface area (TPSA) is 100 Å². The second kappa shape index (κ2) is 11.8. The molecule has 2 N–H and O–H groups in total. The molecule has 3 amide bonds. The minimum Gasteiger partial charge on any atom is -0.444 e. The van der Waals surface area contributed by atoms with E-state index in [1.165, 1.54) is 6.42 Å². The van der Waals surface area contributed by atoms with Crippen molar-refractivity contribution in [2.24, 2.45) is 10.9 Å². The van der Waals surface area contributed by atoms with Gasteiger partial charge in [-0.3, -0.25) is 14.6 Å². The maximum atomic E-state index is 13.6. The average molecular weight is 519 g/mol. The van der Waals surface area contributed by atoms with Crippen molar-refractivity contribution in [3.05, 3.63) is 65.7 Å². The number of fused-ring (bicyclic) bond motifs is 1. The number of benzene rings is 2. The van der Waals surface area contributed by atoms with Crippen LogP contribution in [0.4, 0.5) is 10.5 Å². The Balaban J connectivity index is 1.62. The number of hydrogen-bond donors (Lipinski definition) is 2. The third-order valence-corrected chi connectivity index (χ3v) is 6.93. The Hall–Kier alpha value is -3.68. The zero-order valence-corrected chi connectivity index (χ0v) is 22.7. The molecule has 2 atom stereocenters. The van der Waals surface area contributed by atoms with Crippen LogP contribution in [-0.2, 0) is 20.7 Å². The van der Waals surface area contributed by atoms with Crippen molar-refractivity contribution in [1.29, 1.82) is 0 Å². The van der Waals surface area contributed by atoms with Crippen LogP contribution in [-0.4, -0.2) is 48.5 Å². The van der Waals surface area contributed by atoms with Crippen LogP contribution in [0.3, 0.4) is 0 Å². The number of benzodiazepines with no additional fused rings is 1. The lowest BCUT2D eigenvalue weighted by Gasteiger charge is -2.25. The first kappa shape index (κ1) is 27.4. The molecule has 4 rings (SSSR count). The Morgan fingerprint density at radius 1 is 1.03 bits per heavy atom. The predicted molar refractivity (Wildman–Crippen MR) is 148 cm³/mol. The van der Waals surface area contributed by atoms with Gasteiger partial charge in [0.15, 0.2) is 0 Å². The molecule has 0 bridgehead atoms. The van der Waals surface area contributed by atoms with Crippen LogP contribution in [0.2, 0.25) is 0 Å². The van der Waals surface area contributed by atoms with Gasteiger partial charge >= 0.3 is 6.09 Å². The lowest BCUT2D eigenvalue weighted by molar-refractivity contribution is -0.128. The zero-order valence-electron chi connectivity index (χ0n) is 22.7. The molecular weight excluding hydrogens is 480 g/mol. The summed E-state index contributed by atoms with van der Waals surface area (Å²) in [5, 5.41) is 5.54. The Morgan fingerprint density at radius 2 is 1.68 bits per heavy atom. The summed E-state index contributed by atoms with van der Waals surface area (Å²) >= 11 is 0. The van der Waals surface area contributed by atoms with Gasteiger partial charge in [0.05, 0.1) is 11.4 Å². The van der Waals surface area contributed by atoms with Gasteiger partial charge in [-0.25, -0.2) is 4.79 Å². The number of ether oxygens (including phenoxy) is 1. The standard InChI is InChI=1S/C30H38N4O4/c1-30(2,3)38-29(37)31-23(19-20-13-7-5-8-14-20)27(35)33-26-28(36)34(4)24-18-12-11-17-22(24)25(32-26)21-15-9-6-10-16-21/h5,7-8,11-14,17-18,21,23,26H,6,9-10,15-16,19H2,1-4H3,(H,31,37)(H,33,35)/t23-,26-/m1/s1. The van der Waals surface area contributed by atoms with E-state index in [4.69, 9.17) is 9.73 Å². The van der Waals surface area contributed by atoms with Crippen LogP contribution in [0.5, 0.6) is 0 Å². The number of carbonyl (C=O) groups excluding carboxylic acids is 3. The van der Waals surface area contributed by atoms with Crippen molar-refractivity contribution >= 4 is 29.3 Å². The molecule has 1 saturated carbocycles. The van der Waals surface area contributed by atoms with Gasteiger partial charge in [-0.1, -0.05) is 67.8 Å². The first-order valence-electron chi connectivity index (χ1n) is 13.4. The molecule has 1 heterocycles. The molecule has 2 aliphatic rings. The molecule has 0 radical (unpaired) electrons. The number of amides is 3. The van der Waals surface area contributed by atoms with Gasteiger partial charge in [-0.15, -0.1) is 0 Å². The number of carbonyl (C=O) groups is 3. The summed E-state index contributed by atoms with van der Waals surface area (Å²) in [6, 6.07) is 16.2. The molecule has 1 aliphatic carbocycles. The van der Waals surface area contributed by atoms with E-state index >= 15 is 0 Å². The number of rotatable bonds is 6. The highest BCUT2D eigenvalue weighted by Crippen LogP contribution is 2.33. The van der Waals surface area contributed by atoms with E-state index in [0.29, 0.717) is 0 Å². The molecule has 2 aromatic carbocycles. The van der Waals surface area contributed by atoms with E-state index < -0.39 is 29.8 Å². The quantitative estimate of drug-likeness (QED) is 0.583. The van der Waals surface area contributed by atoms with Gasteiger partial charge < -0.3 is 20.3 Å². The van der Waals surface area contributed by atoms with Crippen LogP contribution in [0.1, 0.15) is 64.0 Å². The molecule has 0 spiro atoms. The summed E-state index contributed by atoms with van der Waals surface area (Å²) in [5.41, 5.74) is 2.73. The number of para-hydroxylation sites is 1. The number of aliphatic imine (C=N–C) groups is 1. The first-order chi connectivity index (χ1) is 18.1. The highest BCUT2D eigenvalue weighted by atomic mass is 16.6. The first-order valence-corrected chi connectivity index (χ1v) is 13.4. The van der Waals surface area contributed by atoms with Crippen LogP contribution < -0.4 is 15.5 Å². The number of alkyl carbamates (subject to hydrolysis) is 1. The molecule has 0 aromatic heterocycles. The van der Waals surface area contributed by atoms with Crippen molar-refractivity contribution < 1.29 is 19.1 Å². The van der Waals surface area contributed by atoms with Crippen molar-refractivity contribution in [2.75, 3.05) is 11.9 Å². The predicted octanol–water partition coefficient (Wildman–Crippen LogP) is 4.61. The molecule has 0 saturated heterocycles. The van der Waals surface area contributed by atoms with Crippen LogP contribution in [0, 0.1) is 5.92 Å². The second-order valence-electron chi connectivity index (χ2n) is 11.1. The number of nitrogens with one attached hydrogen (secondary N) is 2. The van der Waals surface area contributed by atoms with Gasteiger partial charge in [0.25, 0.3) is 5.91 Å². The molecule has 1 aliphatic heterocycles. The minimum atomic E-state index is -1.10. The number of nitrogens with zero attached hydrogens (tertiary/aromatic N) is 2.